The Morgan fingerprint density at radius 2 is 1.50 bits per heavy atom. The van der Waals surface area contributed by atoms with E-state index in [1.165, 1.54) is 25.7 Å². The summed E-state index contributed by atoms with van der Waals surface area (Å²) in [5, 5.41) is 15.6. The predicted octanol–water partition coefficient (Wildman–Crippen LogP) is 9.00. The molecule has 1 saturated carbocycles. The van der Waals surface area contributed by atoms with E-state index in [1.54, 1.807) is 12.1 Å². The molecule has 1 saturated heterocycles. The Morgan fingerprint density at radius 3 is 2.21 bits per heavy atom. The number of nitrogens with two attached hydrogens (primary N) is 1. The first-order valence-corrected chi connectivity index (χ1v) is 20.3. The topological polar surface area (TPSA) is 126 Å². The summed E-state index contributed by atoms with van der Waals surface area (Å²) >= 11 is 0. The molecule has 1 aliphatic carbocycles. The van der Waals surface area contributed by atoms with Crippen molar-refractivity contribution < 1.29 is 24.2 Å². The molecule has 0 aromatic heterocycles. The number of hydrogen-bond donors (Lipinski definition) is 4. The van der Waals surface area contributed by atoms with Gasteiger partial charge in [0.05, 0.1) is 30.2 Å². The van der Waals surface area contributed by atoms with E-state index < -0.39 is 6.29 Å². The van der Waals surface area contributed by atoms with Gasteiger partial charge in [0, 0.05) is 50.5 Å². The second-order valence-corrected chi connectivity index (χ2v) is 15.1. The average molecular weight is 759 g/mol. The van der Waals surface area contributed by atoms with Crippen molar-refractivity contribution in [2.24, 2.45) is 0 Å². The van der Waals surface area contributed by atoms with E-state index in [9.17, 15) is 14.7 Å². The van der Waals surface area contributed by atoms with Crippen LogP contribution in [0.3, 0.4) is 0 Å². The van der Waals surface area contributed by atoms with Crippen LogP contribution in [-0.4, -0.2) is 47.1 Å². The van der Waals surface area contributed by atoms with Gasteiger partial charge in [-0.25, -0.2) is 0 Å². The quantitative estimate of drug-likeness (QED) is 0.0427. The van der Waals surface area contributed by atoms with Crippen molar-refractivity contribution >= 4 is 23.2 Å². The highest BCUT2D eigenvalue weighted by Crippen LogP contribution is 2.39. The Labute approximate surface area is 332 Å². The van der Waals surface area contributed by atoms with Gasteiger partial charge in [0.25, 0.3) is 0 Å². The van der Waals surface area contributed by atoms with Crippen LogP contribution in [0.15, 0.2) is 110 Å². The maximum atomic E-state index is 12.8. The van der Waals surface area contributed by atoms with Gasteiger partial charge in [0.2, 0.25) is 11.8 Å². The fraction of sp³-hybridized carbons (Fsp3) is 0.404. The maximum Gasteiger partial charge on any atom is 0.224 e. The molecule has 4 aromatic carbocycles. The van der Waals surface area contributed by atoms with E-state index in [2.05, 4.69) is 70.6 Å². The van der Waals surface area contributed by atoms with Gasteiger partial charge >= 0.3 is 0 Å². The third-order valence-corrected chi connectivity index (χ3v) is 11.0. The molecule has 56 heavy (non-hydrogen) atoms. The molecule has 5 N–H and O–H groups in total. The van der Waals surface area contributed by atoms with Crippen LogP contribution in [0.5, 0.6) is 0 Å². The van der Waals surface area contributed by atoms with E-state index >= 15 is 0 Å². The number of ether oxygens (including phenoxy) is 2. The van der Waals surface area contributed by atoms with Gasteiger partial charge in [0.1, 0.15) is 0 Å². The molecule has 6 rings (SSSR count). The zero-order valence-corrected chi connectivity index (χ0v) is 32.5. The number of carbonyl (C=O) groups excluding carboxylic acids is 2. The number of nitrogens with zero attached hydrogens (tertiary/aromatic N) is 1. The second-order valence-electron chi connectivity index (χ2n) is 15.1. The monoisotopic (exact) mass is 758 g/mol. The van der Waals surface area contributed by atoms with Crippen molar-refractivity contribution in [3.8, 4) is 11.1 Å². The fourth-order valence-electron chi connectivity index (χ4n) is 7.91. The van der Waals surface area contributed by atoms with Crippen LogP contribution in [0.2, 0.25) is 0 Å². The number of hydrogen-bond acceptors (Lipinski definition) is 7. The van der Waals surface area contributed by atoms with Gasteiger partial charge in [-0.05, 0) is 65.6 Å². The molecule has 0 unspecified atom stereocenters. The summed E-state index contributed by atoms with van der Waals surface area (Å²) in [7, 11) is 0. The third-order valence-electron chi connectivity index (χ3n) is 11.0. The number of benzene rings is 4. The van der Waals surface area contributed by atoms with Gasteiger partial charge in [-0.15, -0.1) is 6.58 Å². The first kappa shape index (κ1) is 40.9. The lowest BCUT2D eigenvalue weighted by molar-refractivity contribution is -0.253. The molecule has 0 bridgehead atoms. The van der Waals surface area contributed by atoms with Crippen molar-refractivity contribution in [1.29, 1.82) is 0 Å². The fourth-order valence-corrected chi connectivity index (χ4v) is 7.91. The number of nitrogen functional groups attached to an aromatic ring is 1. The van der Waals surface area contributed by atoms with Gasteiger partial charge in [-0.1, -0.05) is 117 Å². The number of aliphatic hydroxyl groups excluding tert-OH is 1. The summed E-state index contributed by atoms with van der Waals surface area (Å²) in [4.78, 5) is 27.6. The highest BCUT2D eigenvalue weighted by molar-refractivity contribution is 5.93. The van der Waals surface area contributed by atoms with Crippen LogP contribution in [0.1, 0.15) is 105 Å². The van der Waals surface area contributed by atoms with Crippen molar-refractivity contribution in [2.45, 2.75) is 108 Å². The molecule has 1 aliphatic heterocycles. The van der Waals surface area contributed by atoms with E-state index in [-0.39, 0.29) is 30.6 Å². The smallest absolute Gasteiger partial charge is 0.224 e. The van der Waals surface area contributed by atoms with Gasteiger partial charge in [0.15, 0.2) is 6.29 Å². The standard InChI is InChI=1S/C47H58N4O5/c1-2-29-51(39-14-8-9-15-39)32-40-30-44(36-23-21-34(33-52)22-24-36)56-47(55-40)37-27-25-35(26-28-37)41-16-10-7-13-38(41)31-49-45(53)19-5-3-4-6-20-46(54)50-43-18-12-11-17-42(43)48/h2,7,10-13,16-18,21-28,39-40,44,47,52H,1,3-6,8-9,14-15,19-20,29-33,48H2,(H,49,53)(H,50,54)/t40-,44+,47+/m1/s1. The van der Waals surface area contributed by atoms with Crippen LogP contribution < -0.4 is 16.4 Å². The molecule has 0 spiro atoms. The molecule has 296 valence electrons. The largest absolute Gasteiger partial charge is 0.397 e. The average Bonchev–Trinajstić information content (AvgIpc) is 3.78. The zero-order chi connectivity index (χ0) is 39.1. The molecule has 2 fully saturated rings. The van der Waals surface area contributed by atoms with E-state index in [4.69, 9.17) is 15.2 Å². The van der Waals surface area contributed by atoms with Crippen molar-refractivity contribution in [3.05, 3.63) is 132 Å². The first-order valence-electron chi connectivity index (χ1n) is 20.3. The number of unbranched alkanes of at least 4 members (excludes halogenated alkanes) is 3. The number of aliphatic hydroxyl groups is 1. The Kier molecular flexibility index (Phi) is 15.3. The minimum atomic E-state index is -0.528. The molecule has 2 aliphatic rings. The lowest BCUT2D eigenvalue weighted by Gasteiger charge is -2.39. The zero-order valence-electron chi connectivity index (χ0n) is 32.5. The van der Waals surface area contributed by atoms with E-state index in [1.807, 2.05) is 42.5 Å². The Balaban J connectivity index is 1.02. The summed E-state index contributed by atoms with van der Waals surface area (Å²) in [6.45, 7) is 6.16. The van der Waals surface area contributed by atoms with Crippen LogP contribution in [-0.2, 0) is 32.2 Å². The summed E-state index contributed by atoms with van der Waals surface area (Å²) in [5.74, 6) is -0.0251. The normalized spacial score (nSPS) is 18.5. The Hall–Kier alpha value is -4.80. The molecular formula is C47H58N4O5. The predicted molar refractivity (Wildman–Crippen MR) is 223 cm³/mol. The number of carbonyl (C=O) groups is 2. The highest BCUT2D eigenvalue weighted by atomic mass is 16.7. The summed E-state index contributed by atoms with van der Waals surface area (Å²) in [6.07, 6.45) is 11.2. The lowest BCUT2D eigenvalue weighted by Crippen LogP contribution is -2.43. The molecule has 9 heteroatoms. The van der Waals surface area contributed by atoms with Crippen molar-refractivity contribution in [2.75, 3.05) is 24.1 Å². The molecule has 9 nitrogen and oxygen atoms in total. The number of rotatable bonds is 19. The molecule has 4 aromatic rings. The number of para-hydroxylation sites is 2. The summed E-state index contributed by atoms with van der Waals surface area (Å²) < 4.78 is 13.4. The summed E-state index contributed by atoms with van der Waals surface area (Å²) in [6, 6.07) is 32.4. The number of anilines is 2. The Bertz CT molecular complexity index is 1860. The van der Waals surface area contributed by atoms with Gasteiger partial charge < -0.3 is 30.9 Å². The second kappa shape index (κ2) is 20.9. The van der Waals surface area contributed by atoms with E-state index in [0.29, 0.717) is 36.8 Å². The SMILES string of the molecule is C=CCN(C[C@H]1C[C@@H](c2ccc(CO)cc2)O[C@@H](c2ccc(-c3ccccc3CNC(=O)CCCCCCC(=O)Nc3ccccc3N)cc2)O1)C1CCCC1. The van der Waals surface area contributed by atoms with Crippen molar-refractivity contribution in [3.63, 3.8) is 0 Å². The van der Waals surface area contributed by atoms with Crippen LogP contribution >= 0.6 is 0 Å². The molecule has 0 radical (unpaired) electrons. The lowest BCUT2D eigenvalue weighted by atomic mass is 9.97. The third kappa shape index (κ3) is 11.6. The number of amides is 2. The Morgan fingerprint density at radius 1 is 0.821 bits per heavy atom. The van der Waals surface area contributed by atoms with Crippen LogP contribution in [0.25, 0.3) is 11.1 Å². The van der Waals surface area contributed by atoms with Gasteiger partial charge in [-0.2, -0.15) is 0 Å². The highest BCUT2D eigenvalue weighted by Gasteiger charge is 2.34. The van der Waals surface area contributed by atoms with Crippen LogP contribution in [0.4, 0.5) is 11.4 Å². The number of nitrogens with one attached hydrogen (secondary N) is 2. The molecule has 1 heterocycles. The first-order chi connectivity index (χ1) is 27.4. The molecule has 2 amide bonds. The van der Waals surface area contributed by atoms with E-state index in [0.717, 1.165) is 78.6 Å². The molecule has 3 atom stereocenters. The van der Waals surface area contributed by atoms with Gasteiger partial charge in [-0.3, -0.25) is 14.5 Å². The maximum absolute atomic E-state index is 12.8. The minimum Gasteiger partial charge on any atom is -0.397 e. The minimum absolute atomic E-state index is 0.0108. The van der Waals surface area contributed by atoms with Crippen LogP contribution in [0, 0.1) is 0 Å². The molecular weight excluding hydrogens is 701 g/mol. The van der Waals surface area contributed by atoms with Crippen molar-refractivity contribution in [1.82, 2.24) is 10.2 Å². The summed E-state index contributed by atoms with van der Waals surface area (Å²) in [5.41, 5.74) is 13.2.